The van der Waals surface area contributed by atoms with Gasteiger partial charge in [-0.15, -0.1) is 0 Å². The van der Waals surface area contributed by atoms with Crippen LogP contribution in [0.5, 0.6) is 0 Å². The van der Waals surface area contributed by atoms with Gasteiger partial charge < -0.3 is 5.73 Å². The normalized spacial score (nSPS) is 13.2. The van der Waals surface area contributed by atoms with Crippen molar-refractivity contribution in [2.45, 2.75) is 51.3 Å². The highest BCUT2D eigenvalue weighted by Crippen LogP contribution is 2.28. The fraction of sp³-hybridized carbons (Fsp3) is 0.409. The minimum Gasteiger partial charge on any atom is -0.369 e. The van der Waals surface area contributed by atoms with Gasteiger partial charge in [-0.2, -0.15) is 0 Å². The van der Waals surface area contributed by atoms with Crippen LogP contribution in [0.25, 0.3) is 0 Å². The first kappa shape index (κ1) is 22.0. The molecule has 5 nitrogen and oxygen atoms in total. The average molecular weight is 403 g/mol. The van der Waals surface area contributed by atoms with Crippen molar-refractivity contribution in [1.29, 1.82) is 0 Å². The molecule has 0 aliphatic rings. The van der Waals surface area contributed by atoms with E-state index in [1.807, 2.05) is 31.2 Å². The maximum absolute atomic E-state index is 13.4. The molecule has 28 heavy (non-hydrogen) atoms. The topological polar surface area (TPSA) is 80.5 Å². The lowest BCUT2D eigenvalue weighted by Crippen LogP contribution is -2.34. The first-order valence-corrected chi connectivity index (χ1v) is 10.9. The molecule has 0 spiro atoms. The minimum atomic E-state index is -3.77. The molecular formula is C22H30N2O3S. The molecular weight excluding hydrogens is 372 g/mol. The number of carbonyl (C=O) groups excluding carboxylic acids is 1. The molecule has 6 heteroatoms. The Hall–Kier alpha value is -2.34. The van der Waals surface area contributed by atoms with Gasteiger partial charge in [-0.1, -0.05) is 57.5 Å². The monoisotopic (exact) mass is 402 g/mol. The SMILES string of the molecule is Cc1ccc(N(CCC(C)C(N)=O)S(=O)(=O)c2ccc(C(C)(C)C)cc2)cc1. The number of nitrogens with zero attached hydrogens (tertiary/aromatic N) is 1. The number of primary amides is 1. The van der Waals surface area contributed by atoms with Crippen LogP contribution in [0.2, 0.25) is 0 Å². The molecule has 0 aromatic heterocycles. The Labute approximate surface area is 168 Å². The molecule has 2 N–H and O–H groups in total. The van der Waals surface area contributed by atoms with Gasteiger partial charge in [0.05, 0.1) is 10.6 Å². The molecule has 0 saturated carbocycles. The molecule has 0 bridgehead atoms. The number of carbonyl (C=O) groups is 1. The van der Waals surface area contributed by atoms with E-state index < -0.39 is 21.8 Å². The van der Waals surface area contributed by atoms with Gasteiger partial charge in [0.25, 0.3) is 10.0 Å². The lowest BCUT2D eigenvalue weighted by molar-refractivity contribution is -0.121. The summed E-state index contributed by atoms with van der Waals surface area (Å²) in [5, 5.41) is 0. The molecule has 0 aliphatic heterocycles. The van der Waals surface area contributed by atoms with Crippen LogP contribution in [-0.2, 0) is 20.2 Å². The largest absolute Gasteiger partial charge is 0.369 e. The second-order valence-corrected chi connectivity index (χ2v) is 10.1. The van der Waals surface area contributed by atoms with Crippen molar-refractivity contribution in [3.05, 3.63) is 59.7 Å². The van der Waals surface area contributed by atoms with Crippen molar-refractivity contribution in [2.24, 2.45) is 11.7 Å². The van der Waals surface area contributed by atoms with Crippen LogP contribution < -0.4 is 10.0 Å². The number of nitrogens with two attached hydrogens (primary N) is 1. The van der Waals surface area contributed by atoms with Crippen molar-refractivity contribution in [1.82, 2.24) is 0 Å². The fourth-order valence-electron chi connectivity index (χ4n) is 2.81. The molecule has 0 saturated heterocycles. The predicted octanol–water partition coefficient (Wildman–Crippen LogP) is 4.00. The Bertz CT molecular complexity index is 912. The Morgan fingerprint density at radius 1 is 1.04 bits per heavy atom. The molecule has 0 heterocycles. The third-order valence-corrected chi connectivity index (χ3v) is 6.72. The second-order valence-electron chi connectivity index (χ2n) is 8.28. The third kappa shape index (κ3) is 5.13. The quantitative estimate of drug-likeness (QED) is 0.760. The summed E-state index contributed by atoms with van der Waals surface area (Å²) in [6.07, 6.45) is 0.350. The van der Waals surface area contributed by atoms with Gasteiger partial charge in [0.1, 0.15) is 0 Å². The third-order valence-electron chi connectivity index (χ3n) is 4.88. The molecule has 1 unspecified atom stereocenters. The maximum Gasteiger partial charge on any atom is 0.264 e. The van der Waals surface area contributed by atoms with Crippen molar-refractivity contribution in [3.8, 4) is 0 Å². The zero-order valence-electron chi connectivity index (χ0n) is 17.3. The second kappa shape index (κ2) is 8.35. The average Bonchev–Trinajstić information content (AvgIpc) is 2.62. The van der Waals surface area contributed by atoms with E-state index >= 15 is 0 Å². The Kier molecular flexibility index (Phi) is 6.55. The van der Waals surface area contributed by atoms with Gasteiger partial charge in [0.15, 0.2) is 0 Å². The van der Waals surface area contributed by atoms with E-state index in [0.29, 0.717) is 12.1 Å². The summed E-state index contributed by atoms with van der Waals surface area (Å²) in [5.74, 6) is -0.845. The zero-order valence-corrected chi connectivity index (χ0v) is 18.1. The minimum absolute atomic E-state index is 0.0597. The summed E-state index contributed by atoms with van der Waals surface area (Å²) in [7, 11) is -3.77. The number of hydrogen-bond donors (Lipinski definition) is 1. The van der Waals surface area contributed by atoms with E-state index in [4.69, 9.17) is 5.73 Å². The van der Waals surface area contributed by atoms with Crippen LogP contribution in [0.1, 0.15) is 45.2 Å². The van der Waals surface area contributed by atoms with E-state index in [9.17, 15) is 13.2 Å². The molecule has 0 fully saturated rings. The van der Waals surface area contributed by atoms with Gasteiger partial charge in [-0.05, 0) is 48.6 Å². The van der Waals surface area contributed by atoms with E-state index in [0.717, 1.165) is 11.1 Å². The summed E-state index contributed by atoms with van der Waals surface area (Å²) < 4.78 is 28.1. The molecule has 152 valence electrons. The number of sulfonamides is 1. The van der Waals surface area contributed by atoms with Gasteiger partial charge in [-0.3, -0.25) is 9.10 Å². The van der Waals surface area contributed by atoms with Crippen LogP contribution in [-0.4, -0.2) is 20.9 Å². The van der Waals surface area contributed by atoms with E-state index in [1.54, 1.807) is 31.2 Å². The van der Waals surface area contributed by atoms with Gasteiger partial charge in [0.2, 0.25) is 5.91 Å². The van der Waals surface area contributed by atoms with Crippen molar-refractivity contribution in [3.63, 3.8) is 0 Å². The van der Waals surface area contributed by atoms with E-state index in [2.05, 4.69) is 20.8 Å². The standard InChI is InChI=1S/C22H30N2O3S/c1-16-6-10-19(11-7-16)24(15-14-17(2)21(23)25)28(26,27)20-12-8-18(9-13-20)22(3,4)5/h6-13,17H,14-15H2,1-5H3,(H2,23,25). The number of anilines is 1. The summed E-state index contributed by atoms with van der Waals surface area (Å²) in [6.45, 7) is 10.1. The lowest BCUT2D eigenvalue weighted by atomic mass is 9.87. The molecule has 0 aliphatic carbocycles. The molecule has 2 aromatic rings. The Morgan fingerprint density at radius 3 is 2.04 bits per heavy atom. The molecule has 1 atom stereocenters. The Morgan fingerprint density at radius 2 is 1.57 bits per heavy atom. The van der Waals surface area contributed by atoms with Crippen LogP contribution in [0.15, 0.2) is 53.4 Å². The summed E-state index contributed by atoms with van der Waals surface area (Å²) in [5.41, 5.74) is 7.97. The first-order valence-electron chi connectivity index (χ1n) is 9.42. The lowest BCUT2D eigenvalue weighted by Gasteiger charge is -2.26. The summed E-state index contributed by atoms with van der Waals surface area (Å²) >= 11 is 0. The Balaban J connectivity index is 2.42. The predicted molar refractivity (Wildman–Crippen MR) is 114 cm³/mol. The number of aryl methyl sites for hydroxylation is 1. The first-order chi connectivity index (χ1) is 12.9. The maximum atomic E-state index is 13.4. The molecule has 2 rings (SSSR count). The summed E-state index contributed by atoms with van der Waals surface area (Å²) in [6, 6.07) is 14.3. The van der Waals surface area contributed by atoms with Crippen molar-refractivity contribution in [2.75, 3.05) is 10.8 Å². The number of rotatable bonds is 7. The van der Waals surface area contributed by atoms with Crippen LogP contribution in [0.4, 0.5) is 5.69 Å². The van der Waals surface area contributed by atoms with Gasteiger partial charge >= 0.3 is 0 Å². The molecule has 0 radical (unpaired) electrons. The van der Waals surface area contributed by atoms with Crippen molar-refractivity contribution < 1.29 is 13.2 Å². The highest BCUT2D eigenvalue weighted by atomic mass is 32.2. The van der Waals surface area contributed by atoms with E-state index in [1.165, 1.54) is 4.31 Å². The van der Waals surface area contributed by atoms with Gasteiger partial charge in [-0.25, -0.2) is 8.42 Å². The highest BCUT2D eigenvalue weighted by molar-refractivity contribution is 7.92. The number of amides is 1. The van der Waals surface area contributed by atoms with Gasteiger partial charge in [0, 0.05) is 12.5 Å². The number of benzene rings is 2. The fourth-order valence-corrected chi connectivity index (χ4v) is 4.29. The van der Waals surface area contributed by atoms with Crippen LogP contribution in [0.3, 0.4) is 0 Å². The molecule has 1 amide bonds. The van der Waals surface area contributed by atoms with E-state index in [-0.39, 0.29) is 16.9 Å². The zero-order chi connectivity index (χ0) is 21.1. The van der Waals surface area contributed by atoms with Crippen LogP contribution >= 0.6 is 0 Å². The smallest absolute Gasteiger partial charge is 0.264 e. The van der Waals surface area contributed by atoms with Crippen molar-refractivity contribution >= 4 is 21.6 Å². The number of hydrogen-bond acceptors (Lipinski definition) is 3. The van der Waals surface area contributed by atoms with Crippen LogP contribution in [0, 0.1) is 12.8 Å². The highest BCUT2D eigenvalue weighted by Gasteiger charge is 2.26. The summed E-state index contributed by atoms with van der Waals surface area (Å²) in [4.78, 5) is 11.6. The molecule has 2 aromatic carbocycles.